The van der Waals surface area contributed by atoms with Crippen molar-refractivity contribution in [3.8, 4) is 6.07 Å². The van der Waals surface area contributed by atoms with E-state index in [0.29, 0.717) is 11.3 Å². The molecule has 94 valence electrons. The van der Waals surface area contributed by atoms with Crippen molar-refractivity contribution in [1.82, 2.24) is 14.3 Å². The van der Waals surface area contributed by atoms with E-state index in [4.69, 9.17) is 11.0 Å². The summed E-state index contributed by atoms with van der Waals surface area (Å²) in [5.74, 6) is 0. The van der Waals surface area contributed by atoms with Crippen LogP contribution in [0.4, 0.5) is 5.69 Å². The smallest absolute Gasteiger partial charge is 0.0998 e. The summed E-state index contributed by atoms with van der Waals surface area (Å²) in [5.41, 5.74) is 8.08. The monoisotopic (exact) mass is 251 g/mol. The van der Waals surface area contributed by atoms with Crippen LogP contribution in [-0.2, 0) is 13.1 Å². The molecule has 2 aromatic heterocycles. The molecule has 3 rings (SSSR count). The molecule has 0 saturated heterocycles. The van der Waals surface area contributed by atoms with Gasteiger partial charge in [-0.1, -0.05) is 6.07 Å². The summed E-state index contributed by atoms with van der Waals surface area (Å²) in [6, 6.07) is 9.95. The van der Waals surface area contributed by atoms with Gasteiger partial charge in [0.2, 0.25) is 0 Å². The van der Waals surface area contributed by atoms with Crippen LogP contribution in [0.3, 0.4) is 0 Å². The van der Waals surface area contributed by atoms with Crippen molar-refractivity contribution in [1.29, 1.82) is 5.26 Å². The van der Waals surface area contributed by atoms with Crippen molar-refractivity contribution < 1.29 is 0 Å². The van der Waals surface area contributed by atoms with Gasteiger partial charge in [0.25, 0.3) is 0 Å². The van der Waals surface area contributed by atoms with Crippen LogP contribution in [0.2, 0.25) is 0 Å². The summed E-state index contributed by atoms with van der Waals surface area (Å²) in [6.45, 7) is 1.54. The Bertz CT molecular complexity index is 760. The molecular formula is C14H13N5. The highest BCUT2D eigenvalue weighted by atomic mass is 15.3. The maximum absolute atomic E-state index is 9.07. The number of hydrogen-bond acceptors (Lipinski definition) is 3. The third-order valence-corrected chi connectivity index (χ3v) is 3.16. The second kappa shape index (κ2) is 4.50. The van der Waals surface area contributed by atoms with Gasteiger partial charge in [-0.2, -0.15) is 10.4 Å². The summed E-state index contributed by atoms with van der Waals surface area (Å²) in [4.78, 5) is 0. The van der Waals surface area contributed by atoms with E-state index in [1.165, 1.54) is 0 Å². The van der Waals surface area contributed by atoms with Gasteiger partial charge in [0, 0.05) is 29.8 Å². The Morgan fingerprint density at radius 2 is 2.16 bits per heavy atom. The molecule has 0 fully saturated rings. The molecule has 0 radical (unpaired) electrons. The molecule has 0 saturated carbocycles. The Balaban J connectivity index is 1.88. The summed E-state index contributed by atoms with van der Waals surface area (Å²) in [6.07, 6.45) is 5.45. The first-order valence-corrected chi connectivity index (χ1v) is 6.04. The lowest BCUT2D eigenvalue weighted by Crippen LogP contribution is -2.06. The minimum atomic E-state index is 0.670. The fourth-order valence-electron chi connectivity index (χ4n) is 2.23. The van der Waals surface area contributed by atoms with Crippen molar-refractivity contribution in [2.75, 3.05) is 5.73 Å². The van der Waals surface area contributed by atoms with E-state index in [9.17, 15) is 0 Å². The standard InChI is InChI=1S/C14H13N5/c15-8-11-2-1-3-14-13(11)4-5-18(14)6-7-19-10-12(16)9-17-19/h1-5,9-10H,6-7,16H2. The van der Waals surface area contributed by atoms with Gasteiger partial charge in [-0.15, -0.1) is 0 Å². The second-order valence-corrected chi connectivity index (χ2v) is 4.40. The number of aryl methyl sites for hydroxylation is 2. The summed E-state index contributed by atoms with van der Waals surface area (Å²) >= 11 is 0. The number of anilines is 1. The number of nitrogen functional groups attached to an aromatic ring is 1. The van der Waals surface area contributed by atoms with Crippen LogP contribution < -0.4 is 5.73 Å². The average Bonchev–Trinajstić information content (AvgIpc) is 3.02. The van der Waals surface area contributed by atoms with E-state index in [1.807, 2.05) is 41.3 Å². The summed E-state index contributed by atoms with van der Waals surface area (Å²) in [5, 5.41) is 14.2. The predicted molar refractivity (Wildman–Crippen MR) is 73.3 cm³/mol. The van der Waals surface area contributed by atoms with E-state index >= 15 is 0 Å². The number of nitrogens with zero attached hydrogens (tertiary/aromatic N) is 4. The Hall–Kier alpha value is -2.74. The van der Waals surface area contributed by atoms with Crippen LogP contribution in [0.1, 0.15) is 5.56 Å². The minimum absolute atomic E-state index is 0.670. The first-order chi connectivity index (χ1) is 9.28. The molecule has 3 aromatic rings. The van der Waals surface area contributed by atoms with E-state index in [1.54, 1.807) is 6.20 Å². The third-order valence-electron chi connectivity index (χ3n) is 3.16. The maximum Gasteiger partial charge on any atom is 0.0998 e. The molecule has 5 nitrogen and oxygen atoms in total. The number of benzene rings is 1. The predicted octanol–water partition coefficient (Wildman–Crippen LogP) is 1.99. The fourth-order valence-corrected chi connectivity index (χ4v) is 2.23. The molecule has 0 unspecified atom stereocenters. The van der Waals surface area contributed by atoms with Crippen molar-refractivity contribution >= 4 is 16.6 Å². The largest absolute Gasteiger partial charge is 0.396 e. The summed E-state index contributed by atoms with van der Waals surface area (Å²) in [7, 11) is 0. The maximum atomic E-state index is 9.07. The van der Waals surface area contributed by atoms with Crippen LogP contribution in [0.5, 0.6) is 0 Å². The number of rotatable bonds is 3. The van der Waals surface area contributed by atoms with E-state index in [-0.39, 0.29) is 0 Å². The van der Waals surface area contributed by atoms with Gasteiger partial charge in [-0.3, -0.25) is 4.68 Å². The van der Waals surface area contributed by atoms with Gasteiger partial charge in [0.05, 0.1) is 30.1 Å². The van der Waals surface area contributed by atoms with Gasteiger partial charge in [-0.25, -0.2) is 0 Å². The van der Waals surface area contributed by atoms with Crippen molar-refractivity contribution in [3.63, 3.8) is 0 Å². The molecule has 0 spiro atoms. The lowest BCUT2D eigenvalue weighted by Gasteiger charge is -2.05. The number of nitriles is 1. The van der Waals surface area contributed by atoms with Crippen LogP contribution in [0, 0.1) is 11.3 Å². The van der Waals surface area contributed by atoms with E-state index in [2.05, 4.69) is 15.7 Å². The van der Waals surface area contributed by atoms with Gasteiger partial charge >= 0.3 is 0 Å². The van der Waals surface area contributed by atoms with Crippen LogP contribution in [0.15, 0.2) is 42.9 Å². The van der Waals surface area contributed by atoms with Gasteiger partial charge in [0.1, 0.15) is 0 Å². The number of hydrogen-bond donors (Lipinski definition) is 1. The van der Waals surface area contributed by atoms with E-state index in [0.717, 1.165) is 24.0 Å². The van der Waals surface area contributed by atoms with Crippen molar-refractivity contribution in [3.05, 3.63) is 48.4 Å². The summed E-state index contributed by atoms with van der Waals surface area (Å²) < 4.78 is 3.93. The Morgan fingerprint density at radius 3 is 2.89 bits per heavy atom. The van der Waals surface area contributed by atoms with Crippen molar-refractivity contribution in [2.24, 2.45) is 0 Å². The molecule has 2 heterocycles. The topological polar surface area (TPSA) is 72.6 Å². The fraction of sp³-hybridized carbons (Fsp3) is 0.143. The molecule has 5 heteroatoms. The average molecular weight is 251 g/mol. The minimum Gasteiger partial charge on any atom is -0.396 e. The molecule has 0 amide bonds. The van der Waals surface area contributed by atoms with Gasteiger partial charge in [0.15, 0.2) is 0 Å². The highest BCUT2D eigenvalue weighted by Gasteiger charge is 2.05. The highest BCUT2D eigenvalue weighted by molar-refractivity contribution is 5.85. The molecule has 0 atom stereocenters. The first-order valence-electron chi connectivity index (χ1n) is 6.04. The Morgan fingerprint density at radius 1 is 1.26 bits per heavy atom. The zero-order chi connectivity index (χ0) is 13.2. The second-order valence-electron chi connectivity index (χ2n) is 4.40. The zero-order valence-electron chi connectivity index (χ0n) is 10.3. The molecule has 0 aliphatic carbocycles. The third kappa shape index (κ3) is 2.04. The molecule has 0 aliphatic rings. The zero-order valence-corrected chi connectivity index (χ0v) is 10.3. The van der Waals surface area contributed by atoms with Gasteiger partial charge in [-0.05, 0) is 18.2 Å². The molecule has 2 N–H and O–H groups in total. The van der Waals surface area contributed by atoms with Crippen LogP contribution in [0.25, 0.3) is 10.9 Å². The molecule has 19 heavy (non-hydrogen) atoms. The van der Waals surface area contributed by atoms with Crippen LogP contribution >= 0.6 is 0 Å². The van der Waals surface area contributed by atoms with Gasteiger partial charge < -0.3 is 10.3 Å². The lowest BCUT2D eigenvalue weighted by molar-refractivity contribution is 0.543. The SMILES string of the molecule is N#Cc1cccc2c1ccn2CCn1cc(N)cn1. The molecular weight excluding hydrogens is 238 g/mol. The quantitative estimate of drug-likeness (QED) is 0.773. The highest BCUT2D eigenvalue weighted by Crippen LogP contribution is 2.19. The normalized spacial score (nSPS) is 10.7. The lowest BCUT2D eigenvalue weighted by atomic mass is 10.1. The Labute approximate surface area is 110 Å². The van der Waals surface area contributed by atoms with E-state index < -0.39 is 0 Å². The van der Waals surface area contributed by atoms with Crippen molar-refractivity contribution in [2.45, 2.75) is 13.1 Å². The molecule has 0 bridgehead atoms. The molecule has 0 aliphatic heterocycles. The Kier molecular flexibility index (Phi) is 2.69. The first kappa shape index (κ1) is 11.4. The number of nitrogens with two attached hydrogens (primary N) is 1. The molecule has 1 aromatic carbocycles. The number of fused-ring (bicyclic) bond motifs is 1. The van der Waals surface area contributed by atoms with Crippen LogP contribution in [-0.4, -0.2) is 14.3 Å². The number of aromatic nitrogens is 3.